The summed E-state index contributed by atoms with van der Waals surface area (Å²) in [6.45, 7) is 13.2. The Balaban J connectivity index is 1.63. The number of rotatable bonds is 25. The first-order valence-corrected chi connectivity index (χ1v) is 18.3. The van der Waals surface area contributed by atoms with Crippen molar-refractivity contribution in [3.8, 4) is 35.1 Å². The van der Waals surface area contributed by atoms with Crippen LogP contribution in [0.2, 0.25) is 0 Å². The SMILES string of the molecule is CCOc1cc(C=C(C#N)C(=O)C(C)C)ccc1OCCCCCCCCCCCCOc1ccc(C=C(C#N)C(=O)C(C)C)cc1OCC. The molecule has 0 aliphatic carbocycles. The molecular formula is C42H56N2O6. The second-order valence-electron chi connectivity index (χ2n) is 12.9. The molecule has 0 atom stereocenters. The summed E-state index contributed by atoms with van der Waals surface area (Å²) in [7, 11) is 0. The Morgan fingerprint density at radius 3 is 1.20 bits per heavy atom. The monoisotopic (exact) mass is 684 g/mol. The van der Waals surface area contributed by atoms with Crippen molar-refractivity contribution in [1.29, 1.82) is 10.5 Å². The van der Waals surface area contributed by atoms with Gasteiger partial charge in [0.2, 0.25) is 0 Å². The molecule has 0 N–H and O–H groups in total. The minimum absolute atomic E-state index is 0.140. The first-order valence-electron chi connectivity index (χ1n) is 18.3. The van der Waals surface area contributed by atoms with Crippen LogP contribution in [0.3, 0.4) is 0 Å². The van der Waals surface area contributed by atoms with Gasteiger partial charge in [0.15, 0.2) is 34.6 Å². The molecular weight excluding hydrogens is 628 g/mol. The molecule has 0 heterocycles. The summed E-state index contributed by atoms with van der Waals surface area (Å²) >= 11 is 0. The van der Waals surface area contributed by atoms with E-state index in [2.05, 4.69) is 0 Å². The zero-order valence-corrected chi connectivity index (χ0v) is 31.0. The van der Waals surface area contributed by atoms with E-state index in [0.29, 0.717) is 49.4 Å². The normalized spacial score (nSPS) is 11.6. The molecule has 0 aromatic heterocycles. The molecule has 2 aromatic rings. The third-order valence-corrected chi connectivity index (χ3v) is 8.03. The number of carbonyl (C=O) groups is 2. The highest BCUT2D eigenvalue weighted by Gasteiger charge is 2.15. The molecule has 2 rings (SSSR count). The number of Topliss-reactive ketones (excluding diaryl/α,β-unsaturated/α-hetero) is 2. The molecule has 0 amide bonds. The van der Waals surface area contributed by atoms with Crippen LogP contribution in [0, 0.1) is 34.5 Å². The summed E-state index contributed by atoms with van der Waals surface area (Å²) in [6, 6.07) is 15.1. The molecule has 0 fully saturated rings. The van der Waals surface area contributed by atoms with E-state index in [-0.39, 0.29) is 34.5 Å². The van der Waals surface area contributed by atoms with Gasteiger partial charge in [0, 0.05) is 11.8 Å². The summed E-state index contributed by atoms with van der Waals surface area (Å²) in [6.07, 6.45) is 14.7. The average Bonchev–Trinajstić information content (AvgIpc) is 3.10. The van der Waals surface area contributed by atoms with Crippen molar-refractivity contribution in [1.82, 2.24) is 0 Å². The fourth-order valence-corrected chi connectivity index (χ4v) is 5.26. The van der Waals surface area contributed by atoms with Crippen LogP contribution < -0.4 is 18.9 Å². The Kier molecular flexibility index (Phi) is 19.8. The number of hydrogen-bond donors (Lipinski definition) is 0. The molecule has 8 nitrogen and oxygen atoms in total. The lowest BCUT2D eigenvalue weighted by Crippen LogP contribution is -2.08. The highest BCUT2D eigenvalue weighted by atomic mass is 16.5. The van der Waals surface area contributed by atoms with Crippen LogP contribution in [-0.4, -0.2) is 38.0 Å². The number of allylic oxidation sites excluding steroid dienone is 2. The maximum absolute atomic E-state index is 12.3. The lowest BCUT2D eigenvalue weighted by atomic mass is 10.00. The summed E-state index contributed by atoms with van der Waals surface area (Å²) in [5, 5.41) is 18.8. The Bertz CT molecular complexity index is 1400. The van der Waals surface area contributed by atoms with Crippen LogP contribution in [0.4, 0.5) is 0 Å². The van der Waals surface area contributed by atoms with Crippen LogP contribution in [0.1, 0.15) is 117 Å². The minimum atomic E-state index is -0.236. The third kappa shape index (κ3) is 14.9. The summed E-state index contributed by atoms with van der Waals surface area (Å²) in [4.78, 5) is 24.5. The highest BCUT2D eigenvalue weighted by Crippen LogP contribution is 2.31. The molecule has 0 radical (unpaired) electrons. The van der Waals surface area contributed by atoms with Crippen molar-refractivity contribution in [3.05, 3.63) is 58.7 Å². The van der Waals surface area contributed by atoms with Gasteiger partial charge in [-0.2, -0.15) is 10.5 Å². The van der Waals surface area contributed by atoms with Gasteiger partial charge in [0.1, 0.15) is 12.1 Å². The van der Waals surface area contributed by atoms with Gasteiger partial charge in [-0.3, -0.25) is 9.59 Å². The Hall–Kier alpha value is -4.56. The molecule has 270 valence electrons. The van der Waals surface area contributed by atoms with Gasteiger partial charge >= 0.3 is 0 Å². The topological polar surface area (TPSA) is 119 Å². The summed E-state index contributed by atoms with van der Waals surface area (Å²) < 4.78 is 23.6. The van der Waals surface area contributed by atoms with E-state index in [1.807, 2.05) is 62.4 Å². The highest BCUT2D eigenvalue weighted by molar-refractivity contribution is 6.04. The predicted octanol–water partition coefficient (Wildman–Crippen LogP) is 10.1. The van der Waals surface area contributed by atoms with Crippen LogP contribution in [-0.2, 0) is 9.59 Å². The number of ketones is 2. The minimum Gasteiger partial charge on any atom is -0.490 e. The second kappa shape index (κ2) is 23.7. The number of nitrogens with zero attached hydrogens (tertiary/aromatic N) is 2. The Labute approximate surface area is 300 Å². The largest absolute Gasteiger partial charge is 0.490 e. The summed E-state index contributed by atoms with van der Waals surface area (Å²) in [5.74, 6) is 1.77. The zero-order chi connectivity index (χ0) is 36.7. The summed E-state index contributed by atoms with van der Waals surface area (Å²) in [5.41, 5.74) is 1.75. The van der Waals surface area contributed by atoms with E-state index in [4.69, 9.17) is 18.9 Å². The van der Waals surface area contributed by atoms with Crippen molar-refractivity contribution >= 4 is 23.7 Å². The van der Waals surface area contributed by atoms with Gasteiger partial charge in [0.05, 0.1) is 37.6 Å². The number of carbonyl (C=O) groups excluding carboxylic acids is 2. The van der Waals surface area contributed by atoms with E-state index < -0.39 is 0 Å². The molecule has 0 bridgehead atoms. The fourth-order valence-electron chi connectivity index (χ4n) is 5.26. The van der Waals surface area contributed by atoms with Gasteiger partial charge in [-0.15, -0.1) is 0 Å². The Morgan fingerprint density at radius 2 is 0.900 bits per heavy atom. The average molecular weight is 685 g/mol. The van der Waals surface area contributed by atoms with Gasteiger partial charge in [0.25, 0.3) is 0 Å². The first kappa shape index (κ1) is 41.6. The van der Waals surface area contributed by atoms with Crippen LogP contribution in [0.15, 0.2) is 47.5 Å². The van der Waals surface area contributed by atoms with Crippen molar-refractivity contribution in [2.75, 3.05) is 26.4 Å². The third-order valence-electron chi connectivity index (χ3n) is 8.03. The van der Waals surface area contributed by atoms with Gasteiger partial charge < -0.3 is 18.9 Å². The van der Waals surface area contributed by atoms with Crippen molar-refractivity contribution in [2.45, 2.75) is 106 Å². The molecule has 0 spiro atoms. The smallest absolute Gasteiger partial charge is 0.175 e. The first-order chi connectivity index (χ1) is 24.1. The molecule has 50 heavy (non-hydrogen) atoms. The van der Waals surface area contributed by atoms with Gasteiger partial charge in [-0.05, 0) is 74.2 Å². The lowest BCUT2D eigenvalue weighted by molar-refractivity contribution is -0.118. The predicted molar refractivity (Wildman–Crippen MR) is 199 cm³/mol. The van der Waals surface area contributed by atoms with E-state index in [9.17, 15) is 20.1 Å². The maximum Gasteiger partial charge on any atom is 0.175 e. The number of ether oxygens (including phenoxy) is 4. The molecule has 0 saturated carbocycles. The van der Waals surface area contributed by atoms with Crippen LogP contribution >= 0.6 is 0 Å². The van der Waals surface area contributed by atoms with E-state index in [0.717, 1.165) is 36.8 Å². The van der Waals surface area contributed by atoms with Crippen LogP contribution in [0.5, 0.6) is 23.0 Å². The van der Waals surface area contributed by atoms with E-state index in [1.54, 1.807) is 39.8 Å². The van der Waals surface area contributed by atoms with Crippen molar-refractivity contribution < 1.29 is 28.5 Å². The molecule has 8 heteroatoms. The number of hydrogen-bond acceptors (Lipinski definition) is 8. The lowest BCUT2D eigenvalue weighted by Gasteiger charge is -2.13. The number of unbranched alkanes of at least 4 members (excludes halogenated alkanes) is 9. The van der Waals surface area contributed by atoms with Crippen molar-refractivity contribution in [3.63, 3.8) is 0 Å². The molecule has 0 unspecified atom stereocenters. The van der Waals surface area contributed by atoms with Gasteiger partial charge in [-0.1, -0.05) is 91.2 Å². The molecule has 0 aliphatic heterocycles. The number of nitriles is 2. The zero-order valence-electron chi connectivity index (χ0n) is 31.0. The maximum atomic E-state index is 12.3. The van der Waals surface area contributed by atoms with Crippen LogP contribution in [0.25, 0.3) is 12.2 Å². The van der Waals surface area contributed by atoms with E-state index in [1.165, 1.54) is 38.5 Å². The van der Waals surface area contributed by atoms with E-state index >= 15 is 0 Å². The number of benzene rings is 2. The quantitative estimate of drug-likeness (QED) is 0.0576. The molecule has 0 aliphatic rings. The second-order valence-corrected chi connectivity index (χ2v) is 12.9. The van der Waals surface area contributed by atoms with Gasteiger partial charge in [-0.25, -0.2) is 0 Å². The molecule has 2 aromatic carbocycles. The standard InChI is InChI=1S/C42H56N2O6/c1-7-47-39-27-33(25-35(29-43)41(45)31(3)4)19-21-37(39)49-23-17-15-13-11-9-10-12-14-16-18-24-50-38-22-20-34(28-40(38)48-8-2)26-36(30-44)42(46)32(5)6/h19-22,25-28,31-32H,7-18,23-24H2,1-6H3. The van der Waals surface area contributed by atoms with Crippen molar-refractivity contribution in [2.24, 2.45) is 11.8 Å². The fraction of sp³-hybridized carbons (Fsp3) is 0.524. The molecule has 0 saturated heterocycles. The Morgan fingerprint density at radius 1 is 0.560 bits per heavy atom.